The Hall–Kier alpha value is -0.650. The van der Waals surface area contributed by atoms with Gasteiger partial charge in [0.15, 0.2) is 5.16 Å². The lowest BCUT2D eigenvalue weighted by Crippen LogP contribution is -2.49. The van der Waals surface area contributed by atoms with E-state index in [1.807, 2.05) is 19.9 Å². The second-order valence-corrected chi connectivity index (χ2v) is 7.42. The summed E-state index contributed by atoms with van der Waals surface area (Å²) >= 11 is 1.75. The minimum Gasteiger partial charge on any atom is -0.394 e. The molecule has 1 saturated carbocycles. The number of hydrogen-bond acceptors (Lipinski definition) is 5. The van der Waals surface area contributed by atoms with Crippen molar-refractivity contribution in [2.24, 2.45) is 0 Å². The molecule has 2 atom stereocenters. The van der Waals surface area contributed by atoms with Crippen LogP contribution in [0.1, 0.15) is 44.5 Å². The fourth-order valence-corrected chi connectivity index (χ4v) is 4.34. The van der Waals surface area contributed by atoms with Gasteiger partial charge in [-0.1, -0.05) is 25.6 Å². The molecule has 0 radical (unpaired) electrons. The molecule has 0 spiro atoms. The van der Waals surface area contributed by atoms with Crippen molar-refractivity contribution < 1.29 is 5.11 Å². The summed E-state index contributed by atoms with van der Waals surface area (Å²) in [7, 11) is 0. The summed E-state index contributed by atoms with van der Waals surface area (Å²) in [5, 5.41) is 14.6. The Kier molecular flexibility index (Phi) is 5.04. The van der Waals surface area contributed by atoms with Crippen LogP contribution in [-0.4, -0.2) is 38.5 Å². The molecule has 1 fully saturated rings. The Morgan fingerprint density at radius 1 is 1.40 bits per heavy atom. The van der Waals surface area contributed by atoms with E-state index in [0.717, 1.165) is 35.8 Å². The van der Waals surface area contributed by atoms with Crippen molar-refractivity contribution in [3.63, 3.8) is 0 Å². The van der Waals surface area contributed by atoms with Crippen LogP contribution in [0.15, 0.2) is 11.2 Å². The first-order chi connectivity index (χ1) is 9.42. The van der Waals surface area contributed by atoms with Gasteiger partial charge in [-0.15, -0.1) is 0 Å². The Morgan fingerprint density at radius 2 is 2.05 bits per heavy atom. The molecule has 1 aliphatic carbocycles. The van der Waals surface area contributed by atoms with Crippen LogP contribution in [-0.2, 0) is 0 Å². The molecule has 5 heteroatoms. The van der Waals surface area contributed by atoms with Crippen LogP contribution in [0.3, 0.4) is 0 Å². The highest BCUT2D eigenvalue weighted by molar-refractivity contribution is 7.99. The van der Waals surface area contributed by atoms with E-state index >= 15 is 0 Å². The summed E-state index contributed by atoms with van der Waals surface area (Å²) in [6, 6.07) is 2.39. The van der Waals surface area contributed by atoms with Gasteiger partial charge in [0, 0.05) is 28.2 Å². The van der Waals surface area contributed by atoms with Crippen molar-refractivity contribution in [2.45, 2.75) is 68.9 Å². The average molecular weight is 295 g/mol. The number of nitrogens with one attached hydrogen (secondary N) is 1. The highest BCUT2D eigenvalue weighted by Gasteiger charge is 2.39. The molecule has 112 valence electrons. The minimum absolute atomic E-state index is 0.120. The molecule has 1 aliphatic rings. The minimum atomic E-state index is -0.120. The van der Waals surface area contributed by atoms with Crippen molar-refractivity contribution in [2.75, 3.05) is 6.61 Å². The summed E-state index contributed by atoms with van der Waals surface area (Å²) in [5.74, 6) is 0. The zero-order chi connectivity index (χ0) is 14.8. The average Bonchev–Trinajstić information content (AvgIpc) is 2.70. The van der Waals surface area contributed by atoms with Crippen molar-refractivity contribution in [3.8, 4) is 0 Å². The predicted molar refractivity (Wildman–Crippen MR) is 83.1 cm³/mol. The number of thioether (sulfide) groups is 1. The molecule has 20 heavy (non-hydrogen) atoms. The van der Waals surface area contributed by atoms with Gasteiger partial charge in [0.2, 0.25) is 0 Å². The molecule has 0 saturated heterocycles. The molecule has 0 aromatic carbocycles. The Bertz CT molecular complexity index is 446. The largest absolute Gasteiger partial charge is 0.394 e. The lowest BCUT2D eigenvalue weighted by molar-refractivity contribution is 0.156. The van der Waals surface area contributed by atoms with E-state index in [1.165, 1.54) is 0 Å². The van der Waals surface area contributed by atoms with E-state index in [4.69, 9.17) is 0 Å². The molecule has 1 heterocycles. The SMILES string of the molecule is Cc1cc(C)nc(SC2CCC(CO)(NC(C)C)C2)n1. The zero-order valence-electron chi connectivity index (χ0n) is 12.8. The van der Waals surface area contributed by atoms with Crippen LogP contribution in [0, 0.1) is 13.8 Å². The van der Waals surface area contributed by atoms with E-state index in [2.05, 4.69) is 29.1 Å². The van der Waals surface area contributed by atoms with Crippen LogP contribution in [0.5, 0.6) is 0 Å². The highest BCUT2D eigenvalue weighted by atomic mass is 32.2. The lowest BCUT2D eigenvalue weighted by atomic mass is 9.98. The Labute approximate surface area is 125 Å². The number of rotatable bonds is 5. The standard InChI is InChI=1S/C15H25N3OS/c1-10(2)18-15(9-19)6-5-13(8-15)20-14-16-11(3)7-12(4)17-14/h7,10,13,18-19H,5-6,8-9H2,1-4H3. The van der Waals surface area contributed by atoms with E-state index in [9.17, 15) is 5.11 Å². The van der Waals surface area contributed by atoms with Crippen molar-refractivity contribution in [3.05, 3.63) is 17.5 Å². The number of aliphatic hydroxyl groups excluding tert-OH is 1. The number of aliphatic hydroxyl groups is 1. The topological polar surface area (TPSA) is 58.0 Å². The fraction of sp³-hybridized carbons (Fsp3) is 0.733. The van der Waals surface area contributed by atoms with E-state index < -0.39 is 0 Å². The lowest BCUT2D eigenvalue weighted by Gasteiger charge is -2.31. The molecule has 2 unspecified atom stereocenters. The molecule has 2 N–H and O–H groups in total. The van der Waals surface area contributed by atoms with Gasteiger partial charge < -0.3 is 10.4 Å². The van der Waals surface area contributed by atoms with Gasteiger partial charge in [0.25, 0.3) is 0 Å². The van der Waals surface area contributed by atoms with Gasteiger partial charge >= 0.3 is 0 Å². The van der Waals surface area contributed by atoms with Gasteiger partial charge in [-0.2, -0.15) is 0 Å². The van der Waals surface area contributed by atoms with Gasteiger partial charge in [-0.3, -0.25) is 0 Å². The quantitative estimate of drug-likeness (QED) is 0.817. The third kappa shape index (κ3) is 3.93. The smallest absolute Gasteiger partial charge is 0.188 e. The first-order valence-corrected chi connectivity index (χ1v) is 8.18. The van der Waals surface area contributed by atoms with Gasteiger partial charge in [0.05, 0.1) is 6.61 Å². The van der Waals surface area contributed by atoms with Crippen molar-refractivity contribution >= 4 is 11.8 Å². The number of aryl methyl sites for hydroxylation is 2. The maximum absolute atomic E-state index is 9.73. The first kappa shape index (κ1) is 15.7. The van der Waals surface area contributed by atoms with Gasteiger partial charge in [-0.25, -0.2) is 9.97 Å². The molecule has 0 aliphatic heterocycles. The summed E-state index contributed by atoms with van der Waals surface area (Å²) in [6.45, 7) is 8.48. The van der Waals surface area contributed by atoms with Crippen LogP contribution in [0.2, 0.25) is 0 Å². The second kappa shape index (κ2) is 6.41. The van der Waals surface area contributed by atoms with E-state index in [1.54, 1.807) is 11.8 Å². The Balaban J connectivity index is 2.02. The summed E-state index contributed by atoms with van der Waals surface area (Å²) in [5.41, 5.74) is 1.92. The van der Waals surface area contributed by atoms with Crippen molar-refractivity contribution in [1.29, 1.82) is 0 Å². The third-order valence-electron chi connectivity index (χ3n) is 3.69. The molecule has 0 bridgehead atoms. The predicted octanol–water partition coefficient (Wildman–Crippen LogP) is 2.47. The van der Waals surface area contributed by atoms with Crippen LogP contribution in [0.4, 0.5) is 0 Å². The molecular weight excluding hydrogens is 270 g/mol. The van der Waals surface area contributed by atoms with Gasteiger partial charge in [-0.05, 0) is 39.2 Å². The summed E-state index contributed by atoms with van der Waals surface area (Å²) < 4.78 is 0. The first-order valence-electron chi connectivity index (χ1n) is 7.30. The maximum atomic E-state index is 9.73. The third-order valence-corrected chi connectivity index (χ3v) is 4.82. The molecule has 4 nitrogen and oxygen atoms in total. The monoisotopic (exact) mass is 295 g/mol. The molecule has 1 aromatic heterocycles. The second-order valence-electron chi connectivity index (χ2n) is 6.15. The van der Waals surface area contributed by atoms with Crippen LogP contribution < -0.4 is 5.32 Å². The maximum Gasteiger partial charge on any atom is 0.188 e. The van der Waals surface area contributed by atoms with Crippen LogP contribution >= 0.6 is 11.8 Å². The fourth-order valence-electron chi connectivity index (χ4n) is 3.01. The van der Waals surface area contributed by atoms with Crippen LogP contribution in [0.25, 0.3) is 0 Å². The number of aromatic nitrogens is 2. The Morgan fingerprint density at radius 3 is 2.60 bits per heavy atom. The normalized spacial score (nSPS) is 26.4. The van der Waals surface area contributed by atoms with Crippen molar-refractivity contribution in [1.82, 2.24) is 15.3 Å². The number of nitrogens with zero attached hydrogens (tertiary/aromatic N) is 2. The molecular formula is C15H25N3OS. The zero-order valence-corrected chi connectivity index (χ0v) is 13.6. The van der Waals surface area contributed by atoms with E-state index in [0.29, 0.717) is 11.3 Å². The molecule has 1 aromatic rings. The molecule has 0 amide bonds. The molecule has 2 rings (SSSR count). The number of hydrogen-bond donors (Lipinski definition) is 2. The summed E-state index contributed by atoms with van der Waals surface area (Å²) in [4.78, 5) is 9.00. The summed E-state index contributed by atoms with van der Waals surface area (Å²) in [6.07, 6.45) is 3.09. The van der Waals surface area contributed by atoms with Gasteiger partial charge in [0.1, 0.15) is 0 Å². The highest BCUT2D eigenvalue weighted by Crippen LogP contribution is 2.39. The van der Waals surface area contributed by atoms with E-state index in [-0.39, 0.29) is 12.1 Å².